The van der Waals surface area contributed by atoms with Crippen molar-refractivity contribution in [3.8, 4) is 5.75 Å². The molecule has 130 valence electrons. The van der Waals surface area contributed by atoms with E-state index >= 15 is 0 Å². The summed E-state index contributed by atoms with van der Waals surface area (Å²) in [5, 5.41) is 2.12. The second-order valence-electron chi connectivity index (χ2n) is 6.11. The first kappa shape index (κ1) is 17.4. The molecule has 0 aliphatic carbocycles. The van der Waals surface area contributed by atoms with Crippen LogP contribution < -0.4 is 4.74 Å². The summed E-state index contributed by atoms with van der Waals surface area (Å²) in [6.45, 7) is 4.45. The summed E-state index contributed by atoms with van der Waals surface area (Å²) in [6.07, 6.45) is 3.64. The Morgan fingerprint density at radius 2 is 2.12 bits per heavy atom. The summed E-state index contributed by atoms with van der Waals surface area (Å²) < 4.78 is 24.4. The molecule has 5 heteroatoms. The van der Waals surface area contributed by atoms with Crippen LogP contribution in [0.4, 0.5) is 4.39 Å². The second kappa shape index (κ2) is 9.16. The highest BCUT2D eigenvalue weighted by atomic mass is 32.1. The predicted octanol–water partition coefficient (Wildman–Crippen LogP) is 4.34. The third-order valence-electron chi connectivity index (χ3n) is 4.15. The molecule has 0 amide bonds. The van der Waals surface area contributed by atoms with Gasteiger partial charge in [0.1, 0.15) is 11.6 Å². The van der Waals surface area contributed by atoms with E-state index in [1.165, 1.54) is 23.4 Å². The Bertz CT molecular complexity index is 582. The van der Waals surface area contributed by atoms with E-state index in [0.29, 0.717) is 12.7 Å². The lowest BCUT2D eigenvalue weighted by Gasteiger charge is -2.24. The highest BCUT2D eigenvalue weighted by molar-refractivity contribution is 7.09. The summed E-state index contributed by atoms with van der Waals surface area (Å²) in [5.41, 5.74) is 0. The Balaban J connectivity index is 1.44. The SMILES string of the molecule is Fc1ccc(OCCCN(Cc2cccs2)CC2CCCO2)cc1. The first-order chi connectivity index (χ1) is 11.8. The number of halogens is 1. The summed E-state index contributed by atoms with van der Waals surface area (Å²) in [4.78, 5) is 3.84. The van der Waals surface area contributed by atoms with Gasteiger partial charge in [-0.25, -0.2) is 4.39 Å². The van der Waals surface area contributed by atoms with Gasteiger partial charge >= 0.3 is 0 Å². The van der Waals surface area contributed by atoms with Gasteiger partial charge in [-0.2, -0.15) is 0 Å². The average molecular weight is 349 g/mol. The number of ether oxygens (including phenoxy) is 2. The minimum Gasteiger partial charge on any atom is -0.494 e. The van der Waals surface area contributed by atoms with Gasteiger partial charge in [0.2, 0.25) is 0 Å². The van der Waals surface area contributed by atoms with Gasteiger partial charge in [0.15, 0.2) is 0 Å². The number of benzene rings is 1. The highest BCUT2D eigenvalue weighted by Crippen LogP contribution is 2.18. The largest absolute Gasteiger partial charge is 0.494 e. The fourth-order valence-corrected chi connectivity index (χ4v) is 3.69. The van der Waals surface area contributed by atoms with Crippen LogP contribution in [0.15, 0.2) is 41.8 Å². The van der Waals surface area contributed by atoms with Crippen LogP contribution in [0, 0.1) is 5.82 Å². The van der Waals surface area contributed by atoms with Gasteiger partial charge in [0.25, 0.3) is 0 Å². The smallest absolute Gasteiger partial charge is 0.123 e. The lowest BCUT2D eigenvalue weighted by atomic mass is 10.2. The fourth-order valence-electron chi connectivity index (χ4n) is 2.94. The van der Waals surface area contributed by atoms with Crippen LogP contribution in [0.5, 0.6) is 5.75 Å². The lowest BCUT2D eigenvalue weighted by Crippen LogP contribution is -2.33. The Kier molecular flexibility index (Phi) is 6.64. The van der Waals surface area contributed by atoms with Crippen LogP contribution in [0.1, 0.15) is 24.1 Å². The summed E-state index contributed by atoms with van der Waals surface area (Å²) in [7, 11) is 0. The van der Waals surface area contributed by atoms with Gasteiger partial charge in [-0.1, -0.05) is 6.07 Å². The molecule has 3 nitrogen and oxygen atoms in total. The van der Waals surface area contributed by atoms with Crippen molar-refractivity contribution in [2.45, 2.75) is 31.9 Å². The predicted molar refractivity (Wildman–Crippen MR) is 95.1 cm³/mol. The van der Waals surface area contributed by atoms with Crippen LogP contribution in [-0.2, 0) is 11.3 Å². The minimum absolute atomic E-state index is 0.235. The lowest BCUT2D eigenvalue weighted by molar-refractivity contribution is 0.0689. The Hall–Kier alpha value is -1.43. The molecule has 0 bridgehead atoms. The summed E-state index contributed by atoms with van der Waals surface area (Å²) in [5.74, 6) is 0.487. The Labute approximate surface area is 147 Å². The standard InChI is InChI=1S/C19H24FNO2S/c20-16-6-8-17(9-7-16)22-12-3-10-21(14-18-4-1-11-23-18)15-19-5-2-13-24-19/h2,5-9,13,18H,1,3-4,10-12,14-15H2. The van der Waals surface area contributed by atoms with Gasteiger partial charge in [0.05, 0.1) is 12.7 Å². The van der Waals surface area contributed by atoms with Crippen LogP contribution in [0.3, 0.4) is 0 Å². The molecular formula is C19H24FNO2S. The third-order valence-corrected chi connectivity index (χ3v) is 5.01. The number of hydrogen-bond donors (Lipinski definition) is 0. The Morgan fingerprint density at radius 3 is 2.83 bits per heavy atom. The molecule has 1 fully saturated rings. The first-order valence-corrected chi connectivity index (χ1v) is 9.42. The molecule has 1 unspecified atom stereocenters. The van der Waals surface area contributed by atoms with E-state index < -0.39 is 0 Å². The van der Waals surface area contributed by atoms with E-state index in [1.807, 2.05) is 0 Å². The van der Waals surface area contributed by atoms with Gasteiger partial charge in [-0.15, -0.1) is 11.3 Å². The van der Waals surface area contributed by atoms with Crippen molar-refractivity contribution in [3.05, 3.63) is 52.5 Å². The monoisotopic (exact) mass is 349 g/mol. The van der Waals surface area contributed by atoms with Crippen LogP contribution in [-0.4, -0.2) is 37.3 Å². The van der Waals surface area contributed by atoms with Gasteiger partial charge in [0, 0.05) is 31.1 Å². The summed E-state index contributed by atoms with van der Waals surface area (Å²) >= 11 is 1.80. The van der Waals surface area contributed by atoms with E-state index in [9.17, 15) is 4.39 Å². The first-order valence-electron chi connectivity index (χ1n) is 8.54. The van der Waals surface area contributed by atoms with Crippen molar-refractivity contribution in [3.63, 3.8) is 0 Å². The number of nitrogens with zero attached hydrogens (tertiary/aromatic N) is 1. The molecular weight excluding hydrogens is 325 g/mol. The molecule has 0 saturated carbocycles. The van der Waals surface area contributed by atoms with Crippen molar-refractivity contribution < 1.29 is 13.9 Å². The van der Waals surface area contributed by atoms with E-state index in [4.69, 9.17) is 9.47 Å². The van der Waals surface area contributed by atoms with Crippen molar-refractivity contribution in [2.75, 3.05) is 26.3 Å². The minimum atomic E-state index is -0.235. The fraction of sp³-hybridized carbons (Fsp3) is 0.474. The number of thiophene rings is 1. The van der Waals surface area contributed by atoms with E-state index in [1.54, 1.807) is 23.5 Å². The normalized spacial score (nSPS) is 17.5. The topological polar surface area (TPSA) is 21.7 Å². The van der Waals surface area contributed by atoms with Gasteiger partial charge < -0.3 is 9.47 Å². The van der Waals surface area contributed by atoms with E-state index in [-0.39, 0.29) is 5.82 Å². The van der Waals surface area contributed by atoms with Crippen molar-refractivity contribution in [1.29, 1.82) is 0 Å². The Morgan fingerprint density at radius 1 is 1.25 bits per heavy atom. The molecule has 24 heavy (non-hydrogen) atoms. The van der Waals surface area contributed by atoms with Gasteiger partial charge in [-0.3, -0.25) is 4.90 Å². The van der Waals surface area contributed by atoms with Crippen molar-refractivity contribution in [2.24, 2.45) is 0 Å². The van der Waals surface area contributed by atoms with Gasteiger partial charge in [-0.05, 0) is 55.0 Å². The molecule has 0 radical (unpaired) electrons. The second-order valence-corrected chi connectivity index (χ2v) is 7.14. The van der Waals surface area contributed by atoms with Crippen molar-refractivity contribution >= 4 is 11.3 Å². The molecule has 1 aromatic heterocycles. The van der Waals surface area contributed by atoms with E-state index in [2.05, 4.69) is 22.4 Å². The number of rotatable bonds is 9. The molecule has 0 N–H and O–H groups in total. The molecule has 2 aromatic rings. The maximum absolute atomic E-state index is 12.9. The van der Waals surface area contributed by atoms with E-state index in [0.717, 1.165) is 44.8 Å². The molecule has 1 atom stereocenters. The quantitative estimate of drug-likeness (QED) is 0.629. The van der Waals surface area contributed by atoms with Crippen LogP contribution in [0.25, 0.3) is 0 Å². The molecule has 2 heterocycles. The molecule has 1 saturated heterocycles. The van der Waals surface area contributed by atoms with Crippen LogP contribution >= 0.6 is 11.3 Å². The molecule has 1 aromatic carbocycles. The highest BCUT2D eigenvalue weighted by Gasteiger charge is 2.19. The zero-order valence-corrected chi connectivity index (χ0v) is 14.6. The zero-order valence-electron chi connectivity index (χ0n) is 13.8. The maximum Gasteiger partial charge on any atom is 0.123 e. The third kappa shape index (κ3) is 5.58. The molecule has 3 rings (SSSR count). The molecule has 1 aliphatic heterocycles. The van der Waals surface area contributed by atoms with Crippen molar-refractivity contribution in [1.82, 2.24) is 4.90 Å². The number of hydrogen-bond acceptors (Lipinski definition) is 4. The zero-order chi connectivity index (χ0) is 16.6. The maximum atomic E-state index is 12.9. The average Bonchev–Trinajstić information content (AvgIpc) is 3.27. The molecule has 0 spiro atoms. The summed E-state index contributed by atoms with van der Waals surface area (Å²) in [6, 6.07) is 10.5. The van der Waals surface area contributed by atoms with Crippen LogP contribution in [0.2, 0.25) is 0 Å². The molecule has 1 aliphatic rings.